The van der Waals surface area contributed by atoms with Crippen molar-refractivity contribution in [2.75, 3.05) is 12.3 Å². The number of nitrogens with two attached hydrogens (primary N) is 1. The van der Waals surface area contributed by atoms with Gasteiger partial charge < -0.3 is 15.8 Å². The molecule has 0 saturated heterocycles. The summed E-state index contributed by atoms with van der Waals surface area (Å²) in [7, 11) is 0. The number of esters is 1. The number of ether oxygens (including phenoxy) is 1. The van der Waals surface area contributed by atoms with Crippen LogP contribution in [-0.2, 0) is 27.4 Å². The summed E-state index contributed by atoms with van der Waals surface area (Å²) >= 11 is 0. The van der Waals surface area contributed by atoms with E-state index in [1.54, 1.807) is 6.92 Å². The number of carbonyl (C=O) groups excluding carboxylic acids is 2. The van der Waals surface area contributed by atoms with Crippen LogP contribution in [0.4, 0.5) is 5.95 Å². The number of carbonyl (C=O) groups is 2. The van der Waals surface area contributed by atoms with Gasteiger partial charge in [0.05, 0.1) is 6.42 Å². The molecule has 3 rings (SSSR count). The predicted octanol–water partition coefficient (Wildman–Crippen LogP) is 0.725. The van der Waals surface area contributed by atoms with Crippen molar-refractivity contribution in [2.24, 2.45) is 0 Å². The molecule has 0 aliphatic carbocycles. The Morgan fingerprint density at radius 1 is 1.19 bits per heavy atom. The second kappa shape index (κ2) is 7.81. The molecule has 0 bridgehead atoms. The molecular weight excluding hydrogens is 348 g/mol. The molecule has 0 fully saturated rings. The number of aryl methyl sites for hydroxylation is 2. The standard InChI is InChI=1S/C18H20N6O3/c1-11-14(12(2)24-18(21-11)22-17(19)23-24)8-15(25)20-9-16(26)27-10-13-6-4-3-5-7-13/h3-7H,8-10H2,1-2H3,(H2,19,23)(H,20,25). The second-order valence-electron chi connectivity index (χ2n) is 6.04. The van der Waals surface area contributed by atoms with Crippen LogP contribution in [0, 0.1) is 13.8 Å². The summed E-state index contributed by atoms with van der Waals surface area (Å²) in [5.41, 5.74) is 8.58. The Labute approximate surface area is 155 Å². The maximum atomic E-state index is 12.2. The molecule has 0 radical (unpaired) electrons. The highest BCUT2D eigenvalue weighted by Gasteiger charge is 2.16. The molecule has 140 valence electrons. The summed E-state index contributed by atoms with van der Waals surface area (Å²) in [6, 6.07) is 9.33. The zero-order chi connectivity index (χ0) is 19.4. The number of hydrogen-bond donors (Lipinski definition) is 2. The number of aromatic nitrogens is 4. The maximum absolute atomic E-state index is 12.2. The van der Waals surface area contributed by atoms with Crippen molar-refractivity contribution in [2.45, 2.75) is 26.9 Å². The number of anilines is 1. The fourth-order valence-electron chi connectivity index (χ4n) is 2.66. The Kier molecular flexibility index (Phi) is 5.30. The number of nitrogen functional groups attached to an aromatic ring is 1. The molecule has 1 aromatic carbocycles. The summed E-state index contributed by atoms with van der Waals surface area (Å²) in [4.78, 5) is 32.3. The van der Waals surface area contributed by atoms with E-state index in [1.165, 1.54) is 4.52 Å². The van der Waals surface area contributed by atoms with E-state index in [0.29, 0.717) is 17.0 Å². The largest absolute Gasteiger partial charge is 0.460 e. The summed E-state index contributed by atoms with van der Waals surface area (Å²) < 4.78 is 6.63. The van der Waals surface area contributed by atoms with Gasteiger partial charge in [-0.3, -0.25) is 9.59 Å². The minimum Gasteiger partial charge on any atom is -0.460 e. The van der Waals surface area contributed by atoms with E-state index >= 15 is 0 Å². The van der Waals surface area contributed by atoms with Crippen molar-refractivity contribution in [1.82, 2.24) is 24.9 Å². The van der Waals surface area contributed by atoms with Crippen molar-refractivity contribution in [3.63, 3.8) is 0 Å². The monoisotopic (exact) mass is 368 g/mol. The molecule has 0 aliphatic heterocycles. The lowest BCUT2D eigenvalue weighted by Gasteiger charge is -2.10. The Bertz CT molecular complexity index is 984. The van der Waals surface area contributed by atoms with Crippen LogP contribution in [0.25, 0.3) is 5.78 Å². The van der Waals surface area contributed by atoms with E-state index in [2.05, 4.69) is 20.4 Å². The molecule has 3 aromatic rings. The Balaban J connectivity index is 1.56. The van der Waals surface area contributed by atoms with Gasteiger partial charge in [0.15, 0.2) is 0 Å². The number of fused-ring (bicyclic) bond motifs is 1. The van der Waals surface area contributed by atoms with E-state index in [-0.39, 0.29) is 31.4 Å². The van der Waals surface area contributed by atoms with Crippen molar-refractivity contribution < 1.29 is 14.3 Å². The first-order chi connectivity index (χ1) is 12.9. The first-order valence-electron chi connectivity index (χ1n) is 8.38. The van der Waals surface area contributed by atoms with E-state index < -0.39 is 5.97 Å². The topological polar surface area (TPSA) is 124 Å². The zero-order valence-electron chi connectivity index (χ0n) is 15.1. The van der Waals surface area contributed by atoms with Crippen LogP contribution in [-0.4, -0.2) is 38.0 Å². The van der Waals surface area contributed by atoms with E-state index in [4.69, 9.17) is 10.5 Å². The molecule has 0 unspecified atom stereocenters. The van der Waals surface area contributed by atoms with E-state index in [0.717, 1.165) is 11.3 Å². The van der Waals surface area contributed by atoms with Gasteiger partial charge in [-0.25, -0.2) is 4.98 Å². The van der Waals surface area contributed by atoms with Gasteiger partial charge in [-0.1, -0.05) is 30.3 Å². The number of nitrogens with one attached hydrogen (secondary N) is 1. The number of amides is 1. The molecule has 9 nitrogen and oxygen atoms in total. The second-order valence-corrected chi connectivity index (χ2v) is 6.04. The first kappa shape index (κ1) is 18.3. The third-order valence-electron chi connectivity index (χ3n) is 4.08. The maximum Gasteiger partial charge on any atom is 0.325 e. The molecule has 0 atom stereocenters. The van der Waals surface area contributed by atoms with Gasteiger partial charge in [-0.2, -0.15) is 9.50 Å². The summed E-state index contributed by atoms with van der Waals surface area (Å²) in [5.74, 6) is -0.311. The third kappa shape index (κ3) is 4.38. The normalized spacial score (nSPS) is 10.7. The predicted molar refractivity (Wildman–Crippen MR) is 97.6 cm³/mol. The fraction of sp³-hybridized carbons (Fsp3) is 0.278. The highest BCUT2D eigenvalue weighted by atomic mass is 16.5. The van der Waals surface area contributed by atoms with Gasteiger partial charge in [0.1, 0.15) is 13.2 Å². The molecule has 0 saturated carbocycles. The highest BCUT2D eigenvalue weighted by Crippen LogP contribution is 2.14. The van der Waals surface area contributed by atoms with E-state index in [1.807, 2.05) is 37.3 Å². The zero-order valence-corrected chi connectivity index (χ0v) is 15.1. The van der Waals surface area contributed by atoms with Gasteiger partial charge in [-0.15, -0.1) is 5.10 Å². The lowest BCUT2D eigenvalue weighted by molar-refractivity contribution is -0.145. The Hall–Kier alpha value is -3.49. The Morgan fingerprint density at radius 3 is 2.67 bits per heavy atom. The number of nitrogens with zero attached hydrogens (tertiary/aromatic N) is 4. The third-order valence-corrected chi connectivity index (χ3v) is 4.08. The summed E-state index contributed by atoms with van der Waals surface area (Å²) in [6.07, 6.45) is 0.0618. The first-order valence-corrected chi connectivity index (χ1v) is 8.38. The van der Waals surface area contributed by atoms with Crippen LogP contribution in [0.15, 0.2) is 30.3 Å². The quantitative estimate of drug-likeness (QED) is 0.614. The molecule has 0 aliphatic rings. The molecule has 2 heterocycles. The lowest BCUT2D eigenvalue weighted by atomic mass is 10.1. The number of hydrogen-bond acceptors (Lipinski definition) is 7. The average Bonchev–Trinajstić information content (AvgIpc) is 3.03. The summed E-state index contributed by atoms with van der Waals surface area (Å²) in [6.45, 7) is 3.57. The lowest BCUT2D eigenvalue weighted by Crippen LogP contribution is -2.32. The van der Waals surface area contributed by atoms with Crippen LogP contribution in [0.1, 0.15) is 22.5 Å². The SMILES string of the molecule is Cc1nc2nc(N)nn2c(C)c1CC(=O)NCC(=O)OCc1ccccc1. The molecule has 1 amide bonds. The minimum absolute atomic E-state index is 0.0618. The molecule has 27 heavy (non-hydrogen) atoms. The summed E-state index contributed by atoms with van der Waals surface area (Å²) in [5, 5.41) is 6.63. The van der Waals surface area contributed by atoms with Crippen molar-refractivity contribution in [3.05, 3.63) is 52.8 Å². The van der Waals surface area contributed by atoms with Crippen molar-refractivity contribution in [1.29, 1.82) is 0 Å². The average molecular weight is 368 g/mol. The van der Waals surface area contributed by atoms with Crippen LogP contribution in [0.2, 0.25) is 0 Å². The van der Waals surface area contributed by atoms with Crippen LogP contribution < -0.4 is 11.1 Å². The number of rotatable bonds is 6. The molecule has 3 N–H and O–H groups in total. The van der Waals surface area contributed by atoms with Gasteiger partial charge >= 0.3 is 5.97 Å². The van der Waals surface area contributed by atoms with Gasteiger partial charge in [0.2, 0.25) is 11.9 Å². The van der Waals surface area contributed by atoms with Crippen LogP contribution >= 0.6 is 0 Å². The van der Waals surface area contributed by atoms with Gasteiger partial charge in [0, 0.05) is 17.0 Å². The molecule has 0 spiro atoms. The fourth-order valence-corrected chi connectivity index (χ4v) is 2.66. The number of benzene rings is 1. The minimum atomic E-state index is -0.502. The van der Waals surface area contributed by atoms with Gasteiger partial charge in [-0.05, 0) is 19.4 Å². The van der Waals surface area contributed by atoms with Crippen LogP contribution in [0.5, 0.6) is 0 Å². The van der Waals surface area contributed by atoms with Gasteiger partial charge in [0.25, 0.3) is 5.78 Å². The molecule has 2 aromatic heterocycles. The highest BCUT2D eigenvalue weighted by molar-refractivity contribution is 5.83. The van der Waals surface area contributed by atoms with Crippen LogP contribution in [0.3, 0.4) is 0 Å². The smallest absolute Gasteiger partial charge is 0.325 e. The van der Waals surface area contributed by atoms with Crippen molar-refractivity contribution in [3.8, 4) is 0 Å². The molecule has 9 heteroatoms. The van der Waals surface area contributed by atoms with Crippen molar-refractivity contribution >= 4 is 23.6 Å². The Morgan fingerprint density at radius 2 is 1.93 bits per heavy atom. The molecular formula is C18H20N6O3. The van der Waals surface area contributed by atoms with E-state index in [9.17, 15) is 9.59 Å².